The summed E-state index contributed by atoms with van der Waals surface area (Å²) in [7, 11) is 4.72. The van der Waals surface area contributed by atoms with Crippen LogP contribution in [0.5, 0.6) is 0 Å². The molecule has 0 amide bonds. The summed E-state index contributed by atoms with van der Waals surface area (Å²) in [5.74, 6) is 7.81. The van der Waals surface area contributed by atoms with Gasteiger partial charge in [0.2, 0.25) is 0 Å². The van der Waals surface area contributed by atoms with Gasteiger partial charge in [0, 0.05) is 33.9 Å². The van der Waals surface area contributed by atoms with E-state index in [4.69, 9.17) is 9.47 Å². The number of nitrogens with two attached hydrogens (primary N) is 2. The molecule has 0 aliphatic heterocycles. The summed E-state index contributed by atoms with van der Waals surface area (Å²) in [6, 6.07) is 0. The molecule has 104 valence electrons. The van der Waals surface area contributed by atoms with Crippen molar-refractivity contribution in [2.75, 3.05) is 54.2 Å². The van der Waals surface area contributed by atoms with Crippen LogP contribution >= 0.6 is 0 Å². The Morgan fingerprint density at radius 1 is 1.00 bits per heavy atom. The van der Waals surface area contributed by atoms with Crippen LogP contribution in [0, 0.1) is 0 Å². The number of hydrazine groups is 1. The lowest BCUT2D eigenvalue weighted by atomic mass is 10.3. The number of carbonyl (C=O) groups excluding carboxylic acids is 1. The molecule has 0 atom stereocenters. The van der Waals surface area contributed by atoms with Crippen LogP contribution in [0.4, 0.5) is 0 Å². The average molecular weight is 251 g/mol. The van der Waals surface area contributed by atoms with Crippen LogP contribution in [0.15, 0.2) is 0 Å². The van der Waals surface area contributed by atoms with E-state index >= 15 is 0 Å². The number of hydrogen-bond acceptors (Lipinski definition) is 7. The first-order valence-corrected chi connectivity index (χ1v) is 5.35. The molecule has 4 N–H and O–H groups in total. The maximum absolute atomic E-state index is 11.0. The van der Waals surface area contributed by atoms with Crippen molar-refractivity contribution < 1.29 is 19.0 Å². The van der Waals surface area contributed by atoms with Crippen molar-refractivity contribution >= 4 is 5.97 Å². The predicted octanol–water partition coefficient (Wildman–Crippen LogP) is -1.04. The van der Waals surface area contributed by atoms with E-state index in [-0.39, 0.29) is 5.97 Å². The third-order valence-corrected chi connectivity index (χ3v) is 2.08. The molecule has 0 bridgehead atoms. The third kappa shape index (κ3) is 13.2. The van der Waals surface area contributed by atoms with E-state index in [1.807, 2.05) is 0 Å². The maximum atomic E-state index is 11.0. The lowest BCUT2D eigenvalue weighted by Gasteiger charge is -2.20. The van der Waals surface area contributed by atoms with Crippen LogP contribution in [0.2, 0.25) is 0 Å². The van der Waals surface area contributed by atoms with Crippen LogP contribution in [-0.4, -0.2) is 65.0 Å². The van der Waals surface area contributed by atoms with Crippen LogP contribution in [0.25, 0.3) is 0 Å². The standard InChI is InChI=1S/C10H21NO4.H4N2/c1-13-8-6-11(7-9-14-2)5-4-10(12)15-3;1-2/h4-9H2,1-3H3;1-2H2. The first kappa shape index (κ1) is 18.6. The molecule has 7 heteroatoms. The van der Waals surface area contributed by atoms with Crippen LogP contribution in [-0.2, 0) is 19.0 Å². The zero-order valence-corrected chi connectivity index (χ0v) is 11.0. The second-order valence-corrected chi connectivity index (χ2v) is 3.15. The van der Waals surface area contributed by atoms with Crippen molar-refractivity contribution in [3.05, 3.63) is 0 Å². The number of rotatable bonds is 9. The minimum atomic E-state index is -0.185. The quantitative estimate of drug-likeness (QED) is 0.307. The molecule has 0 saturated carbocycles. The zero-order chi connectivity index (χ0) is 13.5. The van der Waals surface area contributed by atoms with Crippen LogP contribution in [0.3, 0.4) is 0 Å². The molecule has 7 nitrogen and oxygen atoms in total. The molecule has 0 aromatic heterocycles. The second kappa shape index (κ2) is 15.3. The van der Waals surface area contributed by atoms with Gasteiger partial charge in [-0.2, -0.15) is 0 Å². The predicted molar refractivity (Wildman–Crippen MR) is 65.2 cm³/mol. The van der Waals surface area contributed by atoms with Crippen molar-refractivity contribution in [3.8, 4) is 0 Å². The Morgan fingerprint density at radius 2 is 1.47 bits per heavy atom. The van der Waals surface area contributed by atoms with Crippen molar-refractivity contribution in [3.63, 3.8) is 0 Å². The molecule has 0 rings (SSSR count). The number of nitrogens with zero attached hydrogens (tertiary/aromatic N) is 1. The number of carbonyl (C=O) groups is 1. The Labute approximate surface area is 103 Å². The summed E-state index contributed by atoms with van der Waals surface area (Å²) in [4.78, 5) is 13.1. The van der Waals surface area contributed by atoms with Crippen LogP contribution in [0.1, 0.15) is 6.42 Å². The maximum Gasteiger partial charge on any atom is 0.306 e. The van der Waals surface area contributed by atoms with Gasteiger partial charge in [-0.05, 0) is 0 Å². The highest BCUT2D eigenvalue weighted by molar-refractivity contribution is 5.69. The topological polar surface area (TPSA) is 100 Å². The Hall–Kier alpha value is -0.730. The van der Waals surface area contributed by atoms with E-state index < -0.39 is 0 Å². The summed E-state index contributed by atoms with van der Waals surface area (Å²) in [5.41, 5.74) is 0. The fourth-order valence-electron chi connectivity index (χ4n) is 1.13. The summed E-state index contributed by atoms with van der Waals surface area (Å²) in [6.45, 7) is 3.60. The smallest absolute Gasteiger partial charge is 0.306 e. The Kier molecular flexibility index (Phi) is 16.7. The summed E-state index contributed by atoms with van der Waals surface area (Å²) < 4.78 is 14.6. The SMILES string of the molecule is COCCN(CCOC)CCC(=O)OC.NN. The molecule has 0 aromatic carbocycles. The van der Waals surface area contributed by atoms with E-state index in [0.717, 1.165) is 13.1 Å². The fraction of sp³-hybridized carbons (Fsp3) is 0.900. The van der Waals surface area contributed by atoms with Gasteiger partial charge in [0.05, 0.1) is 26.7 Å². The molecule has 0 saturated heterocycles. The summed E-state index contributed by atoms with van der Waals surface area (Å²) in [6.07, 6.45) is 0.407. The van der Waals surface area contributed by atoms with E-state index in [9.17, 15) is 4.79 Å². The van der Waals surface area contributed by atoms with Gasteiger partial charge in [-0.3, -0.25) is 21.4 Å². The largest absolute Gasteiger partial charge is 0.469 e. The number of methoxy groups -OCH3 is 3. The molecule has 0 aromatic rings. The van der Waals surface area contributed by atoms with Gasteiger partial charge in [0.1, 0.15) is 0 Å². The molecule has 0 spiro atoms. The van der Waals surface area contributed by atoms with Gasteiger partial charge in [-0.25, -0.2) is 0 Å². The van der Waals surface area contributed by atoms with Gasteiger partial charge in [-0.1, -0.05) is 0 Å². The number of esters is 1. The van der Waals surface area contributed by atoms with Gasteiger partial charge >= 0.3 is 5.97 Å². The fourth-order valence-corrected chi connectivity index (χ4v) is 1.13. The molecular formula is C10H25N3O4. The van der Waals surface area contributed by atoms with E-state index in [1.165, 1.54) is 7.11 Å². The minimum absolute atomic E-state index is 0.185. The molecule has 17 heavy (non-hydrogen) atoms. The monoisotopic (exact) mass is 251 g/mol. The van der Waals surface area contributed by atoms with Crippen LogP contribution < -0.4 is 11.7 Å². The van der Waals surface area contributed by atoms with Crippen molar-refractivity contribution in [1.29, 1.82) is 0 Å². The van der Waals surface area contributed by atoms with E-state index in [2.05, 4.69) is 21.3 Å². The number of ether oxygens (including phenoxy) is 3. The Balaban J connectivity index is 0. The normalized spacial score (nSPS) is 9.76. The lowest BCUT2D eigenvalue weighted by Crippen LogP contribution is -2.32. The van der Waals surface area contributed by atoms with Gasteiger partial charge in [-0.15, -0.1) is 0 Å². The highest BCUT2D eigenvalue weighted by Crippen LogP contribution is 1.94. The molecule has 0 aliphatic rings. The molecule has 0 aliphatic carbocycles. The Bertz CT molecular complexity index is 162. The first-order valence-electron chi connectivity index (χ1n) is 5.35. The molecule has 0 fully saturated rings. The highest BCUT2D eigenvalue weighted by atomic mass is 16.5. The van der Waals surface area contributed by atoms with Gasteiger partial charge in [0.25, 0.3) is 0 Å². The first-order chi connectivity index (χ1) is 8.24. The minimum Gasteiger partial charge on any atom is -0.469 e. The lowest BCUT2D eigenvalue weighted by molar-refractivity contribution is -0.141. The Morgan fingerprint density at radius 3 is 1.82 bits per heavy atom. The molecule has 0 radical (unpaired) electrons. The average Bonchev–Trinajstić information content (AvgIpc) is 2.39. The molecule has 0 unspecified atom stereocenters. The van der Waals surface area contributed by atoms with Gasteiger partial charge in [0.15, 0.2) is 0 Å². The second-order valence-electron chi connectivity index (χ2n) is 3.15. The molecular weight excluding hydrogens is 226 g/mol. The van der Waals surface area contributed by atoms with Crippen molar-refractivity contribution in [2.24, 2.45) is 11.7 Å². The van der Waals surface area contributed by atoms with E-state index in [0.29, 0.717) is 26.2 Å². The van der Waals surface area contributed by atoms with Crippen molar-refractivity contribution in [1.82, 2.24) is 4.90 Å². The van der Waals surface area contributed by atoms with E-state index in [1.54, 1.807) is 14.2 Å². The summed E-state index contributed by atoms with van der Waals surface area (Å²) >= 11 is 0. The zero-order valence-electron chi connectivity index (χ0n) is 11.0. The highest BCUT2D eigenvalue weighted by Gasteiger charge is 2.07. The van der Waals surface area contributed by atoms with Crippen molar-refractivity contribution in [2.45, 2.75) is 6.42 Å². The molecule has 0 heterocycles. The van der Waals surface area contributed by atoms with Gasteiger partial charge < -0.3 is 14.2 Å². The number of hydrogen-bond donors (Lipinski definition) is 2. The third-order valence-electron chi connectivity index (χ3n) is 2.08. The summed E-state index contributed by atoms with van der Waals surface area (Å²) in [5, 5.41) is 0.